The average Bonchev–Trinajstić information content (AvgIpc) is 2.88. The Hall–Kier alpha value is -2.12. The second kappa shape index (κ2) is 3.72. The molecule has 17 heavy (non-hydrogen) atoms. The second-order valence-corrected chi connectivity index (χ2v) is 5.09. The highest BCUT2D eigenvalue weighted by atomic mass is 32.1. The van der Waals surface area contributed by atoms with E-state index >= 15 is 0 Å². The van der Waals surface area contributed by atoms with E-state index in [4.69, 9.17) is 5.26 Å². The van der Waals surface area contributed by atoms with Crippen LogP contribution in [0.4, 0.5) is 0 Å². The number of rotatable bonds is 1. The van der Waals surface area contributed by atoms with Crippen molar-refractivity contribution in [2.45, 2.75) is 6.92 Å². The second-order valence-electron chi connectivity index (χ2n) is 3.82. The van der Waals surface area contributed by atoms with Gasteiger partial charge >= 0.3 is 0 Å². The lowest BCUT2D eigenvalue weighted by molar-refractivity contribution is 1.17. The molecule has 2 heterocycles. The van der Waals surface area contributed by atoms with Crippen LogP contribution in [0.5, 0.6) is 0 Å². The lowest BCUT2D eigenvalue weighted by Crippen LogP contribution is -1.86. The van der Waals surface area contributed by atoms with E-state index in [0.717, 1.165) is 16.2 Å². The van der Waals surface area contributed by atoms with Crippen LogP contribution in [0.2, 0.25) is 0 Å². The van der Waals surface area contributed by atoms with Crippen LogP contribution in [0, 0.1) is 18.3 Å². The van der Waals surface area contributed by atoms with E-state index in [2.05, 4.69) is 28.6 Å². The van der Waals surface area contributed by atoms with Crippen LogP contribution in [0.25, 0.3) is 16.2 Å². The molecule has 0 aliphatic heterocycles. The van der Waals surface area contributed by atoms with Crippen molar-refractivity contribution in [3.05, 3.63) is 47.1 Å². The number of nitrogens with zero attached hydrogens (tertiary/aromatic N) is 3. The fourth-order valence-electron chi connectivity index (χ4n) is 1.83. The summed E-state index contributed by atoms with van der Waals surface area (Å²) in [6.45, 7) is 2.08. The number of fused-ring (bicyclic) bond motifs is 1. The number of hydrogen-bond acceptors (Lipinski definition) is 3. The minimum absolute atomic E-state index is 0.669. The summed E-state index contributed by atoms with van der Waals surface area (Å²) < 4.78 is 2.08. The Morgan fingerprint density at radius 2 is 2.06 bits per heavy atom. The van der Waals surface area contributed by atoms with Gasteiger partial charge in [-0.2, -0.15) is 5.26 Å². The van der Waals surface area contributed by atoms with Crippen molar-refractivity contribution in [3.8, 4) is 17.5 Å². The lowest BCUT2D eigenvalue weighted by Gasteiger charge is -1.98. The Labute approximate surface area is 103 Å². The number of aryl methyl sites for hydroxylation is 1. The van der Waals surface area contributed by atoms with Crippen LogP contribution >= 0.6 is 11.3 Å². The van der Waals surface area contributed by atoms with Gasteiger partial charge in [-0.25, -0.2) is 4.98 Å². The summed E-state index contributed by atoms with van der Waals surface area (Å²) in [5, 5.41) is 8.76. The zero-order chi connectivity index (χ0) is 11.8. The molecule has 0 spiro atoms. The minimum Gasteiger partial charge on any atom is -0.290 e. The molecule has 0 N–H and O–H groups in total. The molecule has 1 aromatic carbocycles. The molecule has 0 aliphatic carbocycles. The molecular weight excluding hydrogens is 230 g/mol. The lowest BCUT2D eigenvalue weighted by atomic mass is 10.1. The van der Waals surface area contributed by atoms with E-state index in [-0.39, 0.29) is 0 Å². The van der Waals surface area contributed by atoms with Gasteiger partial charge in [-0.15, -0.1) is 11.3 Å². The maximum Gasteiger partial charge on any atom is 0.145 e. The van der Waals surface area contributed by atoms with Gasteiger partial charge in [0.2, 0.25) is 0 Å². The zero-order valence-corrected chi connectivity index (χ0v) is 10.0. The zero-order valence-electron chi connectivity index (χ0n) is 9.21. The number of thiazole rings is 1. The maximum absolute atomic E-state index is 8.76. The van der Waals surface area contributed by atoms with Gasteiger partial charge < -0.3 is 0 Å². The minimum atomic E-state index is 0.669. The smallest absolute Gasteiger partial charge is 0.145 e. The third-order valence-corrected chi connectivity index (χ3v) is 3.55. The summed E-state index contributed by atoms with van der Waals surface area (Å²) in [6.07, 6.45) is 3.96. The Balaban J connectivity index is 2.16. The van der Waals surface area contributed by atoms with Gasteiger partial charge in [0, 0.05) is 16.6 Å². The summed E-state index contributed by atoms with van der Waals surface area (Å²) in [7, 11) is 0. The van der Waals surface area contributed by atoms with Gasteiger partial charge in [0.05, 0.1) is 17.8 Å². The first kappa shape index (κ1) is 10.1. The number of hydrogen-bond donors (Lipinski definition) is 0. The topological polar surface area (TPSA) is 41.1 Å². The van der Waals surface area contributed by atoms with E-state index in [1.165, 1.54) is 4.88 Å². The Kier molecular flexibility index (Phi) is 2.20. The fourth-order valence-corrected chi connectivity index (χ4v) is 2.66. The summed E-state index contributed by atoms with van der Waals surface area (Å²) in [4.78, 5) is 6.81. The number of imidazole rings is 1. The SMILES string of the molecule is Cc1cn2c(-c3ccc(C#N)cc3)ncc2s1. The quantitative estimate of drug-likeness (QED) is 0.654. The van der Waals surface area contributed by atoms with Crippen LogP contribution in [0.3, 0.4) is 0 Å². The van der Waals surface area contributed by atoms with Crippen molar-refractivity contribution < 1.29 is 0 Å². The van der Waals surface area contributed by atoms with Crippen molar-refractivity contribution in [1.29, 1.82) is 5.26 Å². The molecule has 0 saturated heterocycles. The average molecular weight is 239 g/mol. The molecule has 0 unspecified atom stereocenters. The Bertz CT molecular complexity index is 713. The van der Waals surface area contributed by atoms with Crippen LogP contribution in [-0.2, 0) is 0 Å². The van der Waals surface area contributed by atoms with E-state index in [1.54, 1.807) is 11.3 Å². The van der Waals surface area contributed by atoms with Crippen molar-refractivity contribution in [3.63, 3.8) is 0 Å². The van der Waals surface area contributed by atoms with Crippen LogP contribution in [-0.4, -0.2) is 9.38 Å². The largest absolute Gasteiger partial charge is 0.290 e. The number of benzene rings is 1. The Morgan fingerprint density at radius 1 is 1.29 bits per heavy atom. The van der Waals surface area contributed by atoms with Crippen LogP contribution in [0.1, 0.15) is 10.4 Å². The van der Waals surface area contributed by atoms with Crippen molar-refractivity contribution in [2.75, 3.05) is 0 Å². The molecule has 4 heteroatoms. The van der Waals surface area contributed by atoms with Crippen LogP contribution in [0.15, 0.2) is 36.7 Å². The highest BCUT2D eigenvalue weighted by molar-refractivity contribution is 7.17. The van der Waals surface area contributed by atoms with Crippen molar-refractivity contribution in [2.24, 2.45) is 0 Å². The third kappa shape index (κ3) is 1.61. The third-order valence-electron chi connectivity index (χ3n) is 2.61. The molecule has 0 aliphatic rings. The molecule has 0 bridgehead atoms. The Morgan fingerprint density at radius 3 is 2.76 bits per heavy atom. The monoisotopic (exact) mass is 239 g/mol. The summed E-state index contributed by atoms with van der Waals surface area (Å²) in [5.74, 6) is 0.925. The first-order valence-electron chi connectivity index (χ1n) is 5.22. The highest BCUT2D eigenvalue weighted by Gasteiger charge is 2.08. The molecule has 82 valence electrons. The first-order chi connectivity index (χ1) is 8.28. The van der Waals surface area contributed by atoms with E-state index < -0.39 is 0 Å². The van der Waals surface area contributed by atoms with Gasteiger partial charge in [0.15, 0.2) is 0 Å². The number of nitriles is 1. The van der Waals surface area contributed by atoms with Crippen molar-refractivity contribution >= 4 is 16.2 Å². The first-order valence-corrected chi connectivity index (χ1v) is 6.03. The molecule has 2 aromatic heterocycles. The summed E-state index contributed by atoms with van der Waals surface area (Å²) in [5.41, 5.74) is 1.70. The predicted molar refractivity (Wildman–Crippen MR) is 68.0 cm³/mol. The van der Waals surface area contributed by atoms with Gasteiger partial charge in [-0.05, 0) is 31.2 Å². The number of aromatic nitrogens is 2. The normalized spacial score (nSPS) is 10.6. The van der Waals surface area contributed by atoms with Gasteiger partial charge in [0.1, 0.15) is 10.7 Å². The van der Waals surface area contributed by atoms with Crippen molar-refractivity contribution in [1.82, 2.24) is 9.38 Å². The van der Waals surface area contributed by atoms with E-state index in [1.807, 2.05) is 30.5 Å². The summed E-state index contributed by atoms with van der Waals surface area (Å²) >= 11 is 1.72. The van der Waals surface area contributed by atoms with Gasteiger partial charge in [-0.1, -0.05) is 0 Å². The molecule has 3 nitrogen and oxygen atoms in total. The predicted octanol–water partition coefficient (Wildman–Crippen LogP) is 3.24. The maximum atomic E-state index is 8.76. The molecule has 0 atom stereocenters. The van der Waals surface area contributed by atoms with Crippen LogP contribution < -0.4 is 0 Å². The van der Waals surface area contributed by atoms with E-state index in [9.17, 15) is 0 Å². The summed E-state index contributed by atoms with van der Waals surface area (Å²) in [6, 6.07) is 9.61. The molecule has 0 fully saturated rings. The van der Waals surface area contributed by atoms with Gasteiger partial charge in [-0.3, -0.25) is 4.40 Å². The molecular formula is C13H9N3S. The molecule has 0 amide bonds. The molecule has 3 rings (SSSR count). The molecule has 0 radical (unpaired) electrons. The standard InChI is InChI=1S/C13H9N3S/c1-9-8-16-12(17-9)7-15-13(16)11-4-2-10(6-14)3-5-11/h2-5,7-8H,1H3. The van der Waals surface area contributed by atoms with Gasteiger partial charge in [0.25, 0.3) is 0 Å². The molecule has 0 saturated carbocycles. The molecule has 3 aromatic rings. The van der Waals surface area contributed by atoms with E-state index in [0.29, 0.717) is 5.56 Å². The fraction of sp³-hybridized carbons (Fsp3) is 0.0769. The highest BCUT2D eigenvalue weighted by Crippen LogP contribution is 2.25.